The number of aromatic hydroxyl groups is 2. The smallest absolute Gasteiger partial charge is 0.317 e. The lowest BCUT2D eigenvalue weighted by Crippen LogP contribution is -2.21. The zero-order valence-electron chi connectivity index (χ0n) is 10.4. The lowest BCUT2D eigenvalue weighted by Gasteiger charge is -2.22. The summed E-state index contributed by atoms with van der Waals surface area (Å²) >= 11 is 0. The number of phenolic OH excluding ortho intramolecular Hbond substituents is 2. The topological polar surface area (TPSA) is 66.8 Å². The van der Waals surface area contributed by atoms with Crippen LogP contribution in [0.15, 0.2) is 24.3 Å². The number of phenols is 2. The molecule has 1 aliphatic carbocycles. The maximum absolute atomic E-state index is 12.0. The molecular formula is C14H16O4. The minimum Gasteiger partial charge on any atom is -0.508 e. The van der Waals surface area contributed by atoms with Crippen molar-refractivity contribution in [3.8, 4) is 11.5 Å². The molecule has 18 heavy (non-hydrogen) atoms. The van der Waals surface area contributed by atoms with Gasteiger partial charge in [0.1, 0.15) is 17.4 Å². The van der Waals surface area contributed by atoms with E-state index in [1.165, 1.54) is 12.1 Å². The fraction of sp³-hybridized carbons (Fsp3) is 0.357. The summed E-state index contributed by atoms with van der Waals surface area (Å²) in [6.07, 6.45) is 3.79. The first-order valence-electron chi connectivity index (χ1n) is 5.91. The molecule has 96 valence electrons. The molecule has 0 bridgehead atoms. The van der Waals surface area contributed by atoms with Gasteiger partial charge in [0.15, 0.2) is 0 Å². The van der Waals surface area contributed by atoms with Crippen LogP contribution < -0.4 is 0 Å². The normalized spacial score (nSPS) is 17.6. The third kappa shape index (κ3) is 2.18. The fourth-order valence-corrected chi connectivity index (χ4v) is 2.12. The van der Waals surface area contributed by atoms with Crippen LogP contribution in [-0.4, -0.2) is 22.3 Å². The summed E-state index contributed by atoms with van der Waals surface area (Å²) in [7, 11) is 0. The molecule has 4 nitrogen and oxygen atoms in total. The number of rotatable bonds is 2. The average Bonchev–Trinajstić information content (AvgIpc) is 2.32. The number of benzene rings is 1. The predicted molar refractivity (Wildman–Crippen MR) is 66.6 cm³/mol. The van der Waals surface area contributed by atoms with Crippen LogP contribution in [-0.2, 0) is 16.0 Å². The number of carbonyl (C=O) groups is 1. The number of esters is 1. The maximum Gasteiger partial charge on any atom is 0.317 e. The maximum atomic E-state index is 12.0. The van der Waals surface area contributed by atoms with Gasteiger partial charge < -0.3 is 14.9 Å². The Balaban J connectivity index is 2.42. The van der Waals surface area contributed by atoms with Gasteiger partial charge in [-0.15, -0.1) is 0 Å². The standard InChI is InChI=1S/C14H16O4/c1-8(2)18-14(17)10-5-3-4-9-11(15)6-7-12(16)13(9)10/h3,5-8,10,15-16H,4H2,1-2H3/t10-/m0/s1. The van der Waals surface area contributed by atoms with Crippen LogP contribution in [0.5, 0.6) is 11.5 Å². The molecule has 2 N–H and O–H groups in total. The Morgan fingerprint density at radius 1 is 1.33 bits per heavy atom. The molecular weight excluding hydrogens is 232 g/mol. The SMILES string of the molecule is CC(C)OC(=O)[C@H]1C=CCc2c(O)ccc(O)c21. The zero-order chi connectivity index (χ0) is 13.3. The van der Waals surface area contributed by atoms with Gasteiger partial charge in [-0.1, -0.05) is 12.2 Å². The van der Waals surface area contributed by atoms with Crippen molar-refractivity contribution in [2.45, 2.75) is 32.3 Å². The lowest BCUT2D eigenvalue weighted by atomic mass is 9.86. The van der Waals surface area contributed by atoms with Gasteiger partial charge >= 0.3 is 5.97 Å². The molecule has 0 unspecified atom stereocenters. The van der Waals surface area contributed by atoms with E-state index in [9.17, 15) is 15.0 Å². The second-order valence-electron chi connectivity index (χ2n) is 4.59. The van der Waals surface area contributed by atoms with Gasteiger partial charge in [0.2, 0.25) is 0 Å². The first-order valence-corrected chi connectivity index (χ1v) is 5.91. The van der Waals surface area contributed by atoms with Crippen LogP contribution in [0.1, 0.15) is 30.9 Å². The Bertz CT molecular complexity index is 503. The molecule has 0 spiro atoms. The molecule has 0 radical (unpaired) electrons. The number of ether oxygens (including phenoxy) is 1. The molecule has 1 aromatic rings. The summed E-state index contributed by atoms with van der Waals surface area (Å²) in [4.78, 5) is 12.0. The van der Waals surface area contributed by atoms with E-state index in [0.717, 1.165) is 0 Å². The Morgan fingerprint density at radius 2 is 2.00 bits per heavy atom. The van der Waals surface area contributed by atoms with Crippen LogP contribution in [0, 0.1) is 0 Å². The van der Waals surface area contributed by atoms with Crippen molar-refractivity contribution in [1.29, 1.82) is 0 Å². The lowest BCUT2D eigenvalue weighted by molar-refractivity contribution is -0.148. The van der Waals surface area contributed by atoms with Crippen molar-refractivity contribution in [3.05, 3.63) is 35.4 Å². The first kappa shape index (κ1) is 12.5. The summed E-state index contributed by atoms with van der Waals surface area (Å²) in [6.45, 7) is 3.54. The van der Waals surface area contributed by atoms with Crippen molar-refractivity contribution in [1.82, 2.24) is 0 Å². The number of hydrogen-bond acceptors (Lipinski definition) is 4. The predicted octanol–water partition coefficient (Wildman–Crippen LogP) is 2.25. The minimum atomic E-state index is -0.650. The fourth-order valence-electron chi connectivity index (χ4n) is 2.12. The molecule has 1 aromatic carbocycles. The summed E-state index contributed by atoms with van der Waals surface area (Å²) in [5.41, 5.74) is 1.03. The van der Waals surface area contributed by atoms with Crippen LogP contribution in [0.2, 0.25) is 0 Å². The number of hydrogen-bond donors (Lipinski definition) is 2. The van der Waals surface area contributed by atoms with Crippen molar-refractivity contribution >= 4 is 5.97 Å². The van der Waals surface area contributed by atoms with Crippen molar-refractivity contribution < 1.29 is 19.7 Å². The molecule has 0 saturated carbocycles. The van der Waals surface area contributed by atoms with Gasteiger partial charge in [0, 0.05) is 11.1 Å². The Morgan fingerprint density at radius 3 is 2.67 bits per heavy atom. The molecule has 0 aromatic heterocycles. The summed E-state index contributed by atoms with van der Waals surface area (Å²) in [6, 6.07) is 2.82. The number of allylic oxidation sites excluding steroid dienone is 1. The van der Waals surface area contributed by atoms with Gasteiger partial charge in [-0.2, -0.15) is 0 Å². The molecule has 4 heteroatoms. The van der Waals surface area contributed by atoms with Crippen molar-refractivity contribution in [3.63, 3.8) is 0 Å². The van der Waals surface area contributed by atoms with Crippen molar-refractivity contribution in [2.24, 2.45) is 0 Å². The molecule has 0 heterocycles. The van der Waals surface area contributed by atoms with E-state index in [-0.39, 0.29) is 17.6 Å². The summed E-state index contributed by atoms with van der Waals surface area (Å²) < 4.78 is 5.16. The third-order valence-corrected chi connectivity index (χ3v) is 2.88. The van der Waals surface area contributed by atoms with E-state index in [1.54, 1.807) is 26.0 Å². The van der Waals surface area contributed by atoms with Crippen LogP contribution in [0.4, 0.5) is 0 Å². The highest BCUT2D eigenvalue weighted by Gasteiger charge is 2.29. The summed E-state index contributed by atoms with van der Waals surface area (Å²) in [5.74, 6) is -0.960. The van der Waals surface area contributed by atoms with Crippen LogP contribution in [0.3, 0.4) is 0 Å². The quantitative estimate of drug-likeness (QED) is 0.478. The molecule has 0 fully saturated rings. The molecule has 0 amide bonds. The molecule has 1 aliphatic rings. The highest BCUT2D eigenvalue weighted by atomic mass is 16.5. The second-order valence-corrected chi connectivity index (χ2v) is 4.59. The van der Waals surface area contributed by atoms with Crippen molar-refractivity contribution in [2.75, 3.05) is 0 Å². The van der Waals surface area contributed by atoms with Gasteiger partial charge in [0.25, 0.3) is 0 Å². The molecule has 1 atom stereocenters. The molecule has 0 aliphatic heterocycles. The van der Waals surface area contributed by atoms with Gasteiger partial charge in [-0.05, 0) is 32.4 Å². The third-order valence-electron chi connectivity index (χ3n) is 2.88. The minimum absolute atomic E-state index is 0.0119. The highest BCUT2D eigenvalue weighted by molar-refractivity contribution is 5.83. The van der Waals surface area contributed by atoms with E-state index < -0.39 is 11.9 Å². The average molecular weight is 248 g/mol. The first-order chi connectivity index (χ1) is 8.50. The van der Waals surface area contributed by atoms with E-state index in [0.29, 0.717) is 17.5 Å². The number of fused-ring (bicyclic) bond motifs is 1. The second kappa shape index (κ2) is 4.72. The van der Waals surface area contributed by atoms with Crippen LogP contribution in [0.25, 0.3) is 0 Å². The van der Waals surface area contributed by atoms with E-state index in [2.05, 4.69) is 0 Å². The summed E-state index contributed by atoms with van der Waals surface area (Å²) in [5, 5.41) is 19.6. The molecule has 2 rings (SSSR count). The Kier molecular flexibility index (Phi) is 3.28. The van der Waals surface area contributed by atoms with Gasteiger partial charge in [0.05, 0.1) is 6.10 Å². The van der Waals surface area contributed by atoms with E-state index >= 15 is 0 Å². The van der Waals surface area contributed by atoms with E-state index in [4.69, 9.17) is 4.74 Å². The van der Waals surface area contributed by atoms with E-state index in [1.807, 2.05) is 0 Å². The van der Waals surface area contributed by atoms with Crippen LogP contribution >= 0.6 is 0 Å². The van der Waals surface area contributed by atoms with Gasteiger partial charge in [-0.25, -0.2) is 0 Å². The zero-order valence-corrected chi connectivity index (χ0v) is 10.4. The largest absolute Gasteiger partial charge is 0.508 e. The monoisotopic (exact) mass is 248 g/mol. The molecule has 0 saturated heterocycles. The highest BCUT2D eigenvalue weighted by Crippen LogP contribution is 2.39. The Labute approximate surface area is 106 Å². The Hall–Kier alpha value is -1.97. The van der Waals surface area contributed by atoms with Gasteiger partial charge in [-0.3, -0.25) is 4.79 Å². The number of carbonyl (C=O) groups excluding carboxylic acids is 1.